The number of aliphatic hydroxyl groups excluding tert-OH is 1. The van der Waals surface area contributed by atoms with E-state index < -0.39 is 10.0 Å². The number of carbonyl (C=O) groups excluding carboxylic acids is 2. The standard InChI is InChI=1S/C28H36N4O5S2.C7H8.CH4O/c1-20(2)17-32(39(35,36)26-12-10-25(37-5)11-13-26)15-7-14-29-27(33)22-8-6-9-23(16-22)28(34)31(4)18-24-19-38-21(3)30-24;1-7-5-3-2-4-6-7;1-2/h6,8-13,16,19-20H,7,14-15,17-18H2,1-5H3,(H,29,33);2-6H,1H3;2H,1H3. The molecule has 0 aliphatic rings. The van der Waals surface area contributed by atoms with Crippen LogP contribution in [0.4, 0.5) is 0 Å². The third-order valence-corrected chi connectivity index (χ3v) is 9.56. The van der Waals surface area contributed by atoms with Gasteiger partial charge in [0.1, 0.15) is 5.75 Å². The number of benzene rings is 3. The van der Waals surface area contributed by atoms with Crippen molar-refractivity contribution in [3.8, 4) is 5.75 Å². The van der Waals surface area contributed by atoms with Crippen molar-refractivity contribution in [3.05, 3.63) is 112 Å². The summed E-state index contributed by atoms with van der Waals surface area (Å²) in [5.41, 5.74) is 2.92. The largest absolute Gasteiger partial charge is 0.497 e. The number of sulfonamides is 1. The average Bonchev–Trinajstić information content (AvgIpc) is 3.50. The minimum atomic E-state index is -3.70. The van der Waals surface area contributed by atoms with Crippen molar-refractivity contribution in [2.75, 3.05) is 40.9 Å². The lowest BCUT2D eigenvalue weighted by Gasteiger charge is -2.24. The lowest BCUT2D eigenvalue weighted by molar-refractivity contribution is 0.0783. The molecule has 0 fully saturated rings. The maximum atomic E-state index is 13.2. The molecule has 0 atom stereocenters. The van der Waals surface area contributed by atoms with Crippen molar-refractivity contribution in [2.24, 2.45) is 5.92 Å². The first-order chi connectivity index (χ1) is 22.9. The number of nitrogens with one attached hydrogen (secondary N) is 1. The van der Waals surface area contributed by atoms with E-state index in [1.807, 2.05) is 44.4 Å². The lowest BCUT2D eigenvalue weighted by atomic mass is 10.1. The molecule has 0 spiro atoms. The van der Waals surface area contributed by atoms with E-state index in [1.165, 1.54) is 40.4 Å². The van der Waals surface area contributed by atoms with Crippen LogP contribution in [-0.2, 0) is 16.6 Å². The molecule has 0 aliphatic heterocycles. The summed E-state index contributed by atoms with van der Waals surface area (Å²) in [6.07, 6.45) is 0.433. The fraction of sp³-hybridized carbons (Fsp3) is 0.361. The molecule has 0 unspecified atom stereocenters. The highest BCUT2D eigenvalue weighted by Gasteiger charge is 2.25. The number of aromatic nitrogens is 1. The quantitative estimate of drug-likeness (QED) is 0.169. The Labute approximate surface area is 289 Å². The third-order valence-electron chi connectivity index (χ3n) is 6.86. The highest BCUT2D eigenvalue weighted by atomic mass is 32.2. The Kier molecular flexibility index (Phi) is 17.0. The molecule has 2 amide bonds. The molecule has 2 N–H and O–H groups in total. The van der Waals surface area contributed by atoms with Crippen LogP contribution in [0.2, 0.25) is 0 Å². The summed E-state index contributed by atoms with van der Waals surface area (Å²) >= 11 is 1.53. The van der Waals surface area contributed by atoms with Crippen LogP contribution < -0.4 is 10.1 Å². The normalized spacial score (nSPS) is 10.8. The van der Waals surface area contributed by atoms with E-state index in [4.69, 9.17) is 9.84 Å². The molecule has 4 aromatic rings. The monoisotopic (exact) mass is 696 g/mol. The Bertz CT molecular complexity index is 1660. The molecule has 3 aromatic carbocycles. The third kappa shape index (κ3) is 12.8. The zero-order valence-electron chi connectivity index (χ0n) is 28.8. The summed E-state index contributed by atoms with van der Waals surface area (Å²) in [6, 6.07) is 23.1. The van der Waals surface area contributed by atoms with Gasteiger partial charge in [-0.3, -0.25) is 9.59 Å². The van der Waals surface area contributed by atoms with Gasteiger partial charge in [0.2, 0.25) is 10.0 Å². The van der Waals surface area contributed by atoms with Gasteiger partial charge in [-0.1, -0.05) is 55.8 Å². The van der Waals surface area contributed by atoms with E-state index in [0.717, 1.165) is 17.8 Å². The predicted molar refractivity (Wildman–Crippen MR) is 192 cm³/mol. The van der Waals surface area contributed by atoms with Gasteiger partial charge in [0.15, 0.2) is 0 Å². The van der Waals surface area contributed by atoms with Gasteiger partial charge in [-0.05, 0) is 68.7 Å². The van der Waals surface area contributed by atoms with E-state index in [2.05, 4.69) is 29.4 Å². The molecule has 260 valence electrons. The van der Waals surface area contributed by atoms with Crippen molar-refractivity contribution >= 4 is 33.2 Å². The van der Waals surface area contributed by atoms with Crippen molar-refractivity contribution in [1.29, 1.82) is 0 Å². The molecule has 0 saturated carbocycles. The van der Waals surface area contributed by atoms with E-state index in [-0.39, 0.29) is 35.7 Å². The van der Waals surface area contributed by atoms with Gasteiger partial charge < -0.3 is 20.1 Å². The first-order valence-electron chi connectivity index (χ1n) is 15.6. The number of aryl methyl sites for hydroxylation is 2. The predicted octanol–water partition coefficient (Wildman–Crippen LogP) is 5.80. The topological polar surface area (TPSA) is 129 Å². The van der Waals surface area contributed by atoms with Crippen LogP contribution in [-0.4, -0.2) is 80.4 Å². The van der Waals surface area contributed by atoms with Gasteiger partial charge in [-0.2, -0.15) is 4.31 Å². The van der Waals surface area contributed by atoms with Crippen molar-refractivity contribution in [1.82, 2.24) is 19.5 Å². The first-order valence-corrected chi connectivity index (χ1v) is 17.9. The van der Waals surface area contributed by atoms with Gasteiger partial charge in [-0.15, -0.1) is 11.3 Å². The highest BCUT2D eigenvalue weighted by Crippen LogP contribution is 2.21. The van der Waals surface area contributed by atoms with Gasteiger partial charge in [0.25, 0.3) is 11.8 Å². The second-order valence-corrected chi connectivity index (χ2v) is 14.3. The summed E-state index contributed by atoms with van der Waals surface area (Å²) in [6.45, 7) is 9.20. The molecule has 1 aromatic heterocycles. The molecular formula is C36H48N4O6S2. The van der Waals surface area contributed by atoms with Crippen LogP contribution in [0.1, 0.15) is 57.2 Å². The Morgan fingerprint density at radius 2 is 1.60 bits per heavy atom. The maximum Gasteiger partial charge on any atom is 0.253 e. The first kappa shape index (κ1) is 40.1. The molecule has 0 bridgehead atoms. The number of methoxy groups -OCH3 is 1. The number of hydrogen-bond donors (Lipinski definition) is 2. The molecule has 4 rings (SSSR count). The molecule has 12 heteroatoms. The second-order valence-electron chi connectivity index (χ2n) is 11.3. The zero-order chi connectivity index (χ0) is 35.7. The Morgan fingerprint density at radius 3 is 2.15 bits per heavy atom. The van der Waals surface area contributed by atoms with E-state index in [9.17, 15) is 18.0 Å². The highest BCUT2D eigenvalue weighted by molar-refractivity contribution is 7.89. The van der Waals surface area contributed by atoms with Crippen LogP contribution in [0.25, 0.3) is 0 Å². The van der Waals surface area contributed by atoms with Crippen LogP contribution in [0.3, 0.4) is 0 Å². The minimum absolute atomic E-state index is 0.130. The summed E-state index contributed by atoms with van der Waals surface area (Å²) in [5.74, 6) is 0.184. The van der Waals surface area contributed by atoms with Crippen molar-refractivity contribution < 1.29 is 27.9 Å². The molecule has 0 aliphatic carbocycles. The SMILES string of the molecule is CO.COc1ccc(S(=O)(=O)N(CCCNC(=O)c2cccc(C(=O)N(C)Cc3csc(C)n3)c2)CC(C)C)cc1.Cc1ccccc1. The molecule has 1 heterocycles. The minimum Gasteiger partial charge on any atom is -0.497 e. The summed E-state index contributed by atoms with van der Waals surface area (Å²) in [7, 11) is 0.529. The number of nitrogens with zero attached hydrogens (tertiary/aromatic N) is 3. The smallest absolute Gasteiger partial charge is 0.253 e. The zero-order valence-corrected chi connectivity index (χ0v) is 30.5. The van der Waals surface area contributed by atoms with Crippen LogP contribution >= 0.6 is 11.3 Å². The Balaban J connectivity index is 0.000000776. The number of amides is 2. The summed E-state index contributed by atoms with van der Waals surface area (Å²) in [5, 5.41) is 12.7. The van der Waals surface area contributed by atoms with Gasteiger partial charge in [-0.25, -0.2) is 13.4 Å². The molecular weight excluding hydrogens is 649 g/mol. The average molecular weight is 697 g/mol. The van der Waals surface area contributed by atoms with E-state index in [0.29, 0.717) is 36.4 Å². The van der Waals surface area contributed by atoms with Crippen LogP contribution in [0, 0.1) is 19.8 Å². The van der Waals surface area contributed by atoms with Crippen molar-refractivity contribution in [3.63, 3.8) is 0 Å². The number of hydrogen-bond acceptors (Lipinski definition) is 8. The maximum absolute atomic E-state index is 13.2. The Hall–Kier alpha value is -4.10. The van der Waals surface area contributed by atoms with Crippen molar-refractivity contribution in [2.45, 2.75) is 45.6 Å². The summed E-state index contributed by atoms with van der Waals surface area (Å²) < 4.78 is 33.1. The van der Waals surface area contributed by atoms with Gasteiger partial charge >= 0.3 is 0 Å². The lowest BCUT2D eigenvalue weighted by Crippen LogP contribution is -2.36. The second kappa shape index (κ2) is 20.3. The Morgan fingerprint density at radius 1 is 0.958 bits per heavy atom. The fourth-order valence-electron chi connectivity index (χ4n) is 4.52. The number of rotatable bonds is 13. The van der Waals surface area contributed by atoms with E-state index >= 15 is 0 Å². The number of ether oxygens (including phenoxy) is 1. The van der Waals surface area contributed by atoms with Crippen LogP contribution in [0.15, 0.2) is 89.1 Å². The van der Waals surface area contributed by atoms with E-state index in [1.54, 1.807) is 48.3 Å². The molecule has 10 nitrogen and oxygen atoms in total. The van der Waals surface area contributed by atoms with Gasteiger partial charge in [0.05, 0.1) is 29.3 Å². The summed E-state index contributed by atoms with van der Waals surface area (Å²) in [4.78, 5) is 31.9. The number of aliphatic hydroxyl groups is 1. The van der Waals surface area contributed by atoms with Crippen LogP contribution in [0.5, 0.6) is 5.75 Å². The fourth-order valence-corrected chi connectivity index (χ4v) is 6.76. The molecule has 48 heavy (non-hydrogen) atoms. The van der Waals surface area contributed by atoms with Gasteiger partial charge in [0, 0.05) is 50.3 Å². The number of carbonyl (C=O) groups is 2. The molecule has 0 radical (unpaired) electrons. The molecule has 0 saturated heterocycles. The number of thiazole rings is 1.